The summed E-state index contributed by atoms with van der Waals surface area (Å²) in [6, 6.07) is 0. The fraction of sp³-hybridized carbons (Fsp3) is 0.846. The zero-order valence-electron chi connectivity index (χ0n) is 9.65. The van der Waals surface area contributed by atoms with Gasteiger partial charge in [-0.2, -0.15) is 0 Å². The highest BCUT2D eigenvalue weighted by atomic mass is 14.2. The van der Waals surface area contributed by atoms with Gasteiger partial charge in [-0.1, -0.05) is 51.4 Å². The van der Waals surface area contributed by atoms with Crippen LogP contribution in [0, 0.1) is 12.3 Å². The molecule has 0 heterocycles. The van der Waals surface area contributed by atoms with E-state index in [1.54, 1.807) is 0 Å². The van der Waals surface area contributed by atoms with Gasteiger partial charge in [0.25, 0.3) is 0 Å². The molecular weight excluding hydrogens is 167 g/mol. The third kappa shape index (κ3) is 4.22. The molecule has 0 spiro atoms. The Morgan fingerprint density at radius 1 is 0.786 bits per heavy atom. The second kappa shape index (κ2) is 6.17. The van der Waals surface area contributed by atoms with Crippen molar-refractivity contribution in [3.8, 4) is 12.3 Å². The van der Waals surface area contributed by atoms with Gasteiger partial charge >= 0.3 is 0 Å². The lowest BCUT2D eigenvalue weighted by atomic mass is 9.63. The summed E-state index contributed by atoms with van der Waals surface area (Å²) in [4.78, 5) is 0. The molecule has 0 atom stereocenters. The van der Waals surface area contributed by atoms with Crippen LogP contribution in [0.4, 0.5) is 0 Å². The van der Waals surface area contributed by atoms with E-state index in [1.807, 2.05) is 0 Å². The summed E-state index contributed by atoms with van der Waals surface area (Å²) in [7, 11) is 2.27. The Balaban J connectivity index is 2.40. The Labute approximate surface area is 90.3 Å². The fourth-order valence-electron chi connectivity index (χ4n) is 2.36. The van der Waals surface area contributed by atoms with E-state index in [1.165, 1.54) is 64.2 Å². The maximum absolute atomic E-state index is 5.64. The van der Waals surface area contributed by atoms with E-state index in [-0.39, 0.29) is 5.31 Å². The first kappa shape index (κ1) is 11.7. The largest absolute Gasteiger partial charge is 0.125 e. The maximum atomic E-state index is 5.64. The van der Waals surface area contributed by atoms with E-state index < -0.39 is 0 Å². The minimum absolute atomic E-state index is 0.199. The fourth-order valence-corrected chi connectivity index (χ4v) is 2.36. The van der Waals surface area contributed by atoms with Gasteiger partial charge in [0.1, 0.15) is 7.85 Å². The molecule has 0 nitrogen and oxygen atoms in total. The van der Waals surface area contributed by atoms with Crippen molar-refractivity contribution in [1.29, 1.82) is 0 Å². The zero-order chi connectivity index (χ0) is 10.3. The first-order valence-electron chi connectivity index (χ1n) is 6.25. The van der Waals surface area contributed by atoms with E-state index in [2.05, 4.69) is 13.8 Å². The molecule has 0 aliphatic heterocycles. The normalized spacial score (nSPS) is 24.5. The summed E-state index contributed by atoms with van der Waals surface area (Å²) < 4.78 is 0. The van der Waals surface area contributed by atoms with Crippen LogP contribution in [0.1, 0.15) is 64.2 Å². The van der Waals surface area contributed by atoms with Crippen molar-refractivity contribution >= 4 is 7.85 Å². The molecule has 0 N–H and O–H groups in total. The molecule has 1 heteroatoms. The Kier molecular flexibility index (Phi) is 5.16. The third-order valence-electron chi connectivity index (χ3n) is 3.56. The lowest BCUT2D eigenvalue weighted by Gasteiger charge is -2.23. The Morgan fingerprint density at radius 3 is 1.50 bits per heavy atom. The second-order valence-electron chi connectivity index (χ2n) is 5.03. The van der Waals surface area contributed by atoms with Gasteiger partial charge in [-0.15, -0.1) is 12.3 Å². The van der Waals surface area contributed by atoms with Gasteiger partial charge < -0.3 is 0 Å². The van der Waals surface area contributed by atoms with Gasteiger partial charge in [-0.3, -0.25) is 0 Å². The highest BCUT2D eigenvalue weighted by Gasteiger charge is 2.20. The summed E-state index contributed by atoms with van der Waals surface area (Å²) in [5.74, 6) is 3.02. The van der Waals surface area contributed by atoms with Crippen LogP contribution in [0.25, 0.3) is 0 Å². The highest BCUT2D eigenvalue weighted by Crippen LogP contribution is 2.35. The Morgan fingerprint density at radius 2 is 1.14 bits per heavy atom. The lowest BCUT2D eigenvalue weighted by molar-refractivity contribution is 0.519. The van der Waals surface area contributed by atoms with Gasteiger partial charge in [-0.25, -0.2) is 0 Å². The molecule has 0 aromatic carbocycles. The zero-order valence-corrected chi connectivity index (χ0v) is 9.65. The number of hydrogen-bond acceptors (Lipinski definition) is 0. The van der Waals surface area contributed by atoms with Crippen molar-refractivity contribution < 1.29 is 0 Å². The average Bonchev–Trinajstić information content (AvgIpc) is 2.24. The van der Waals surface area contributed by atoms with Crippen LogP contribution >= 0.6 is 0 Å². The Hall–Kier alpha value is -0.375. The number of terminal acetylenes is 1. The molecule has 1 saturated carbocycles. The van der Waals surface area contributed by atoms with Gasteiger partial charge in [0, 0.05) is 5.31 Å². The maximum Gasteiger partial charge on any atom is 0.125 e. The topological polar surface area (TPSA) is 0 Å². The van der Waals surface area contributed by atoms with Crippen LogP contribution in [0.3, 0.4) is 0 Å². The molecule has 0 aromatic rings. The first-order chi connectivity index (χ1) is 6.77. The Bertz CT molecular complexity index is 178. The van der Waals surface area contributed by atoms with Crippen molar-refractivity contribution in [2.75, 3.05) is 0 Å². The molecule has 78 valence electrons. The molecule has 0 bridgehead atoms. The molecule has 1 rings (SSSR count). The van der Waals surface area contributed by atoms with Crippen LogP contribution in [-0.4, -0.2) is 7.85 Å². The SMILES string of the molecule is BC1(C#C)CCCCCCCCCC1. The summed E-state index contributed by atoms with van der Waals surface area (Å²) in [6.45, 7) is 0. The molecular formula is C13H23B. The van der Waals surface area contributed by atoms with Gasteiger partial charge in [0.2, 0.25) is 0 Å². The van der Waals surface area contributed by atoms with Crippen molar-refractivity contribution in [2.24, 2.45) is 0 Å². The summed E-state index contributed by atoms with van der Waals surface area (Å²) >= 11 is 0. The van der Waals surface area contributed by atoms with Crippen LogP contribution in [0.5, 0.6) is 0 Å². The van der Waals surface area contributed by atoms with Crippen molar-refractivity contribution in [3.63, 3.8) is 0 Å². The highest BCUT2D eigenvalue weighted by molar-refractivity contribution is 6.17. The summed E-state index contributed by atoms with van der Waals surface area (Å²) in [5.41, 5.74) is 0. The molecule has 0 unspecified atom stereocenters. The van der Waals surface area contributed by atoms with E-state index in [4.69, 9.17) is 6.42 Å². The van der Waals surface area contributed by atoms with E-state index in [0.29, 0.717) is 0 Å². The van der Waals surface area contributed by atoms with Crippen molar-refractivity contribution in [3.05, 3.63) is 0 Å². The minimum Gasteiger partial charge on any atom is -0.120 e. The number of rotatable bonds is 0. The van der Waals surface area contributed by atoms with E-state index >= 15 is 0 Å². The third-order valence-corrected chi connectivity index (χ3v) is 3.56. The van der Waals surface area contributed by atoms with Crippen molar-refractivity contribution in [2.45, 2.75) is 69.5 Å². The summed E-state index contributed by atoms with van der Waals surface area (Å²) in [5, 5.41) is 0.199. The van der Waals surface area contributed by atoms with Crippen LogP contribution in [0.2, 0.25) is 5.31 Å². The molecule has 14 heavy (non-hydrogen) atoms. The van der Waals surface area contributed by atoms with Crippen LogP contribution < -0.4 is 0 Å². The van der Waals surface area contributed by atoms with Gasteiger partial charge in [-0.05, 0) is 12.8 Å². The molecule has 0 radical (unpaired) electrons. The smallest absolute Gasteiger partial charge is 0.120 e. The molecule has 1 aliphatic rings. The predicted molar refractivity (Wildman–Crippen MR) is 66.2 cm³/mol. The summed E-state index contributed by atoms with van der Waals surface area (Å²) in [6.07, 6.45) is 19.3. The molecule has 0 amide bonds. The van der Waals surface area contributed by atoms with E-state index in [0.717, 1.165) is 0 Å². The molecule has 1 fully saturated rings. The second-order valence-corrected chi connectivity index (χ2v) is 5.03. The number of hydrogen-bond donors (Lipinski definition) is 0. The standard InChI is InChI=1S/C13H23B/c1-2-13(14)11-9-7-5-3-4-6-8-10-12-13/h1H,3-12,14H2. The van der Waals surface area contributed by atoms with Gasteiger partial charge in [0.15, 0.2) is 0 Å². The van der Waals surface area contributed by atoms with Crippen molar-refractivity contribution in [1.82, 2.24) is 0 Å². The first-order valence-corrected chi connectivity index (χ1v) is 6.25. The average molecular weight is 190 g/mol. The monoisotopic (exact) mass is 190 g/mol. The molecule has 0 aromatic heterocycles. The molecule has 1 aliphatic carbocycles. The molecule has 0 saturated heterocycles. The van der Waals surface area contributed by atoms with Crippen LogP contribution in [-0.2, 0) is 0 Å². The lowest BCUT2D eigenvalue weighted by Crippen LogP contribution is -2.10. The van der Waals surface area contributed by atoms with Crippen LogP contribution in [0.15, 0.2) is 0 Å². The van der Waals surface area contributed by atoms with E-state index in [9.17, 15) is 0 Å². The minimum atomic E-state index is 0.199. The van der Waals surface area contributed by atoms with Gasteiger partial charge in [0.05, 0.1) is 0 Å². The predicted octanol–water partition coefficient (Wildman–Crippen LogP) is 3.33. The quantitative estimate of drug-likeness (QED) is 0.406.